The molecule has 0 bridgehead atoms. The van der Waals surface area contributed by atoms with E-state index in [0.717, 1.165) is 11.1 Å². The first-order valence-electron chi connectivity index (χ1n) is 8.88. The maximum absolute atomic E-state index is 12.3. The number of rotatable bonds is 5. The van der Waals surface area contributed by atoms with Crippen LogP contribution in [0.25, 0.3) is 21.3 Å². The smallest absolute Gasteiger partial charge is 0.312 e. The van der Waals surface area contributed by atoms with Crippen molar-refractivity contribution in [1.29, 1.82) is 5.26 Å². The molecular formula is C22H15N3O3S. The zero-order valence-electron chi connectivity index (χ0n) is 15.2. The second kappa shape index (κ2) is 8.09. The molecule has 4 aromatic rings. The van der Waals surface area contributed by atoms with Crippen LogP contribution in [-0.4, -0.2) is 15.5 Å². The van der Waals surface area contributed by atoms with Gasteiger partial charge in [-0.2, -0.15) is 5.26 Å². The maximum Gasteiger partial charge on any atom is 0.312 e. The molecule has 0 unspecified atom stereocenters. The van der Waals surface area contributed by atoms with Crippen molar-refractivity contribution < 1.29 is 9.53 Å². The number of benzene rings is 2. The van der Waals surface area contributed by atoms with Crippen LogP contribution in [-0.2, 0) is 11.3 Å². The van der Waals surface area contributed by atoms with E-state index in [1.54, 1.807) is 30.3 Å². The molecule has 6 nitrogen and oxygen atoms in total. The number of aryl methyl sites for hydroxylation is 1. The number of carbonyl (C=O) groups excluding carboxylic acids is 1. The molecule has 4 rings (SSSR count). The minimum Gasteiger partial charge on any atom is -0.426 e. The number of esters is 1. The van der Waals surface area contributed by atoms with Gasteiger partial charge in [-0.3, -0.25) is 14.2 Å². The zero-order valence-corrected chi connectivity index (χ0v) is 16.1. The third kappa shape index (κ3) is 4.08. The second-order valence-electron chi connectivity index (χ2n) is 6.32. The van der Waals surface area contributed by atoms with Gasteiger partial charge in [0.1, 0.15) is 10.6 Å². The quantitative estimate of drug-likeness (QED) is 0.373. The summed E-state index contributed by atoms with van der Waals surface area (Å²) in [5.41, 5.74) is 2.37. The number of nitriles is 1. The summed E-state index contributed by atoms with van der Waals surface area (Å²) >= 11 is 1.41. The van der Waals surface area contributed by atoms with Crippen LogP contribution in [0.3, 0.4) is 0 Å². The normalized spacial score (nSPS) is 10.6. The summed E-state index contributed by atoms with van der Waals surface area (Å²) in [6, 6.07) is 18.2. The molecule has 0 aliphatic carbocycles. The fourth-order valence-electron chi connectivity index (χ4n) is 2.90. The summed E-state index contributed by atoms with van der Waals surface area (Å²) in [6.07, 6.45) is 1.52. The maximum atomic E-state index is 12.3. The van der Waals surface area contributed by atoms with Crippen molar-refractivity contribution in [3.05, 3.63) is 82.2 Å². The van der Waals surface area contributed by atoms with Gasteiger partial charge in [0.15, 0.2) is 0 Å². The predicted molar refractivity (Wildman–Crippen MR) is 111 cm³/mol. The average Bonchev–Trinajstić information content (AvgIpc) is 3.24. The Hall–Kier alpha value is -3.76. The lowest BCUT2D eigenvalue weighted by Crippen LogP contribution is -2.22. The Balaban J connectivity index is 1.38. The van der Waals surface area contributed by atoms with Crippen LogP contribution in [0.4, 0.5) is 0 Å². The summed E-state index contributed by atoms with van der Waals surface area (Å²) in [5.74, 6) is 0.0135. The summed E-state index contributed by atoms with van der Waals surface area (Å²) < 4.78 is 6.78. The van der Waals surface area contributed by atoms with Crippen LogP contribution in [0.1, 0.15) is 12.0 Å². The van der Waals surface area contributed by atoms with Gasteiger partial charge in [0.05, 0.1) is 29.8 Å². The molecule has 0 atom stereocenters. The fourth-order valence-corrected chi connectivity index (χ4v) is 3.62. The molecule has 0 spiro atoms. The number of ether oxygens (including phenoxy) is 1. The third-order valence-electron chi connectivity index (χ3n) is 4.44. The number of nitrogens with zero attached hydrogens (tertiary/aromatic N) is 3. The van der Waals surface area contributed by atoms with E-state index < -0.39 is 5.97 Å². The lowest BCUT2D eigenvalue weighted by atomic mass is 10.0. The monoisotopic (exact) mass is 401 g/mol. The SMILES string of the molecule is N#Cc1ccc(-c2ccc(OC(=O)CCn3cnc4sccc4c3=O)cc2)cc1. The summed E-state index contributed by atoms with van der Waals surface area (Å²) in [5, 5.41) is 11.2. The number of thiophene rings is 1. The van der Waals surface area contributed by atoms with Crippen molar-refractivity contribution in [1.82, 2.24) is 9.55 Å². The number of fused-ring (bicyclic) bond motifs is 1. The highest BCUT2D eigenvalue weighted by atomic mass is 32.1. The Morgan fingerprint density at radius 3 is 2.45 bits per heavy atom. The highest BCUT2D eigenvalue weighted by Crippen LogP contribution is 2.23. The molecule has 142 valence electrons. The molecule has 0 N–H and O–H groups in total. The van der Waals surface area contributed by atoms with Gasteiger partial charge in [-0.05, 0) is 46.8 Å². The van der Waals surface area contributed by atoms with E-state index >= 15 is 0 Å². The first kappa shape index (κ1) is 18.6. The molecule has 0 radical (unpaired) electrons. The highest BCUT2D eigenvalue weighted by Gasteiger charge is 2.09. The van der Waals surface area contributed by atoms with Gasteiger partial charge in [0.2, 0.25) is 0 Å². The van der Waals surface area contributed by atoms with Gasteiger partial charge in [0, 0.05) is 6.54 Å². The molecule has 2 heterocycles. The highest BCUT2D eigenvalue weighted by molar-refractivity contribution is 7.16. The van der Waals surface area contributed by atoms with Crippen LogP contribution in [0.5, 0.6) is 5.75 Å². The Morgan fingerprint density at radius 1 is 1.07 bits per heavy atom. The van der Waals surface area contributed by atoms with Crippen molar-refractivity contribution in [2.24, 2.45) is 0 Å². The molecular weight excluding hydrogens is 386 g/mol. The van der Waals surface area contributed by atoms with Crippen LogP contribution < -0.4 is 10.3 Å². The van der Waals surface area contributed by atoms with E-state index in [9.17, 15) is 9.59 Å². The molecule has 0 aliphatic rings. The number of aromatic nitrogens is 2. The van der Waals surface area contributed by atoms with Crippen LogP contribution in [0.15, 0.2) is 71.1 Å². The van der Waals surface area contributed by atoms with Crippen molar-refractivity contribution in [2.45, 2.75) is 13.0 Å². The minimum absolute atomic E-state index is 0.0641. The lowest BCUT2D eigenvalue weighted by molar-refractivity contribution is -0.134. The topological polar surface area (TPSA) is 85.0 Å². The number of hydrogen-bond donors (Lipinski definition) is 0. The Bertz CT molecular complexity index is 1270. The molecule has 0 fully saturated rings. The Morgan fingerprint density at radius 2 is 1.76 bits per heavy atom. The standard InChI is InChI=1S/C22H15N3O3S/c23-13-15-1-3-16(4-2-15)17-5-7-18(8-6-17)28-20(26)9-11-25-14-24-21-19(22(25)27)10-12-29-21/h1-8,10,12,14H,9,11H2. The van der Waals surface area contributed by atoms with Gasteiger partial charge in [-0.1, -0.05) is 24.3 Å². The van der Waals surface area contributed by atoms with E-state index in [4.69, 9.17) is 10.00 Å². The van der Waals surface area contributed by atoms with Gasteiger partial charge in [-0.15, -0.1) is 11.3 Å². The summed E-state index contributed by atoms with van der Waals surface area (Å²) in [6.45, 7) is 0.208. The Labute approximate surface area is 170 Å². The molecule has 0 saturated heterocycles. The van der Waals surface area contributed by atoms with Gasteiger partial charge < -0.3 is 4.74 Å². The molecule has 29 heavy (non-hydrogen) atoms. The first-order chi connectivity index (χ1) is 14.1. The van der Waals surface area contributed by atoms with Crippen molar-refractivity contribution in [3.8, 4) is 22.9 Å². The van der Waals surface area contributed by atoms with Crippen LogP contribution in [0.2, 0.25) is 0 Å². The minimum atomic E-state index is -0.423. The third-order valence-corrected chi connectivity index (χ3v) is 5.26. The molecule has 0 saturated carbocycles. The van der Waals surface area contributed by atoms with E-state index in [1.807, 2.05) is 29.6 Å². The second-order valence-corrected chi connectivity index (χ2v) is 7.21. The van der Waals surface area contributed by atoms with Gasteiger partial charge in [-0.25, -0.2) is 4.98 Å². The molecule has 7 heteroatoms. The number of carbonyl (C=O) groups is 1. The van der Waals surface area contributed by atoms with Gasteiger partial charge >= 0.3 is 5.97 Å². The largest absolute Gasteiger partial charge is 0.426 e. The predicted octanol–water partition coefficient (Wildman–Crippen LogP) is 3.99. The van der Waals surface area contributed by atoms with E-state index in [2.05, 4.69) is 11.1 Å². The fraction of sp³-hybridized carbons (Fsp3) is 0.0909. The Kier molecular flexibility index (Phi) is 5.18. The first-order valence-corrected chi connectivity index (χ1v) is 9.76. The molecule has 0 aliphatic heterocycles. The molecule has 2 aromatic heterocycles. The summed E-state index contributed by atoms with van der Waals surface area (Å²) in [4.78, 5) is 29.4. The molecule has 0 amide bonds. The van der Waals surface area contributed by atoms with E-state index in [0.29, 0.717) is 21.5 Å². The van der Waals surface area contributed by atoms with Crippen molar-refractivity contribution in [2.75, 3.05) is 0 Å². The van der Waals surface area contributed by atoms with Crippen LogP contribution in [0, 0.1) is 11.3 Å². The lowest BCUT2D eigenvalue weighted by Gasteiger charge is -2.07. The average molecular weight is 401 g/mol. The van der Waals surface area contributed by atoms with E-state index in [-0.39, 0.29) is 18.5 Å². The number of hydrogen-bond acceptors (Lipinski definition) is 6. The summed E-state index contributed by atoms with van der Waals surface area (Å²) in [7, 11) is 0. The van der Waals surface area contributed by atoms with E-state index in [1.165, 1.54) is 22.2 Å². The van der Waals surface area contributed by atoms with Gasteiger partial charge in [0.25, 0.3) is 5.56 Å². The molecule has 2 aromatic carbocycles. The zero-order chi connectivity index (χ0) is 20.2. The van der Waals surface area contributed by atoms with Crippen molar-refractivity contribution in [3.63, 3.8) is 0 Å². The van der Waals surface area contributed by atoms with Crippen molar-refractivity contribution >= 4 is 27.5 Å². The van der Waals surface area contributed by atoms with Crippen LogP contribution >= 0.6 is 11.3 Å².